The molecular formula is C18H24Br2N6NiP2. The van der Waals surface area contributed by atoms with E-state index in [9.17, 15) is 0 Å². The maximum absolute atomic E-state index is 8.40. The van der Waals surface area contributed by atoms with Gasteiger partial charge in [-0.2, -0.15) is 31.6 Å². The first-order chi connectivity index (χ1) is 14.1. The Labute approximate surface area is 197 Å². The van der Waals surface area contributed by atoms with Crippen molar-refractivity contribution in [2.24, 2.45) is 0 Å². The summed E-state index contributed by atoms with van der Waals surface area (Å²) < 4.78 is 0. The Hall–Kier alpha value is -0.746. The van der Waals surface area contributed by atoms with E-state index in [2.05, 4.69) is 64.9 Å². The van der Waals surface area contributed by atoms with Crippen LogP contribution in [-0.2, 0) is 10.9 Å². The molecule has 0 fully saturated rings. The van der Waals surface area contributed by atoms with Crippen LogP contribution in [-0.4, -0.2) is 37.0 Å². The number of halogens is 2. The summed E-state index contributed by atoms with van der Waals surface area (Å²) in [5, 5.41) is 50.4. The molecule has 0 radical (unpaired) electrons. The van der Waals surface area contributed by atoms with Crippen molar-refractivity contribution in [2.45, 2.75) is 38.5 Å². The standard InChI is InChI=1S/2C9H12N3P.2BrH.Ni/c2*10-4-1-7-13(8-2-5-11)9-3-6-12;;;/h2*1-3,7-9H2;2*1H;/q;;;;+2/p-2. The molecule has 0 atom stereocenters. The van der Waals surface area contributed by atoms with Crippen molar-refractivity contribution >= 4 is 44.3 Å². The minimum atomic E-state index is -0.246. The molecule has 0 saturated heterocycles. The van der Waals surface area contributed by atoms with Gasteiger partial charge in [0.25, 0.3) is 0 Å². The zero-order chi connectivity index (χ0) is 22.6. The first-order valence-electron chi connectivity index (χ1n) is 8.60. The van der Waals surface area contributed by atoms with E-state index in [1.165, 1.54) is 10.9 Å². The molecule has 29 heavy (non-hydrogen) atoms. The van der Waals surface area contributed by atoms with Crippen LogP contribution in [0.25, 0.3) is 0 Å². The average molecular weight is 605 g/mol. The second-order valence-corrected chi connectivity index (χ2v) is 15.5. The second-order valence-electron chi connectivity index (χ2n) is 5.18. The second kappa shape index (κ2) is 31.9. The number of hydrogen-bond acceptors (Lipinski definition) is 6. The first kappa shape index (κ1) is 32.9. The van der Waals surface area contributed by atoms with Crippen LogP contribution in [0.3, 0.4) is 0 Å². The number of nitriles is 6. The van der Waals surface area contributed by atoms with E-state index < -0.39 is 0 Å². The summed E-state index contributed by atoms with van der Waals surface area (Å²) in [6.45, 7) is 0. The van der Waals surface area contributed by atoms with Crippen LogP contribution in [0.5, 0.6) is 0 Å². The molecule has 0 aromatic rings. The number of nitrogens with zero attached hydrogens (tertiary/aromatic N) is 6. The van der Waals surface area contributed by atoms with Crippen molar-refractivity contribution in [3.63, 3.8) is 0 Å². The van der Waals surface area contributed by atoms with Crippen LogP contribution in [0, 0.1) is 68.0 Å². The van der Waals surface area contributed by atoms with Crippen molar-refractivity contribution in [1.82, 2.24) is 0 Å². The van der Waals surface area contributed by atoms with Gasteiger partial charge in [-0.15, -0.1) is 15.8 Å². The van der Waals surface area contributed by atoms with Crippen LogP contribution < -0.4 is 0 Å². The Balaban J connectivity index is -0.000000410. The summed E-state index contributed by atoms with van der Waals surface area (Å²) in [6, 6.07) is 12.6. The van der Waals surface area contributed by atoms with Crippen LogP contribution in [0.4, 0.5) is 0 Å². The molecule has 0 bridgehead atoms. The van der Waals surface area contributed by atoms with Gasteiger partial charge in [0.05, 0.1) is 36.4 Å². The third kappa shape index (κ3) is 32.1. The van der Waals surface area contributed by atoms with Gasteiger partial charge in [-0.1, -0.05) is 0 Å². The van der Waals surface area contributed by atoms with Crippen molar-refractivity contribution in [3.05, 3.63) is 0 Å². The fraction of sp³-hybridized carbons (Fsp3) is 0.667. The average Bonchev–Trinajstić information content (AvgIpc) is 2.73. The van der Waals surface area contributed by atoms with Crippen LogP contribution in [0.2, 0.25) is 0 Å². The summed E-state index contributed by atoms with van der Waals surface area (Å²) in [4.78, 5) is 0. The molecule has 0 spiro atoms. The van der Waals surface area contributed by atoms with Crippen molar-refractivity contribution in [1.29, 1.82) is 31.6 Å². The Morgan fingerprint density at radius 1 is 0.448 bits per heavy atom. The van der Waals surface area contributed by atoms with Gasteiger partial charge in [0.15, 0.2) is 0 Å². The Morgan fingerprint density at radius 3 is 0.690 bits per heavy atom. The molecule has 6 nitrogen and oxygen atoms in total. The third-order valence-corrected chi connectivity index (χ3v) is 8.38. The molecule has 0 unspecified atom stereocenters. The quantitative estimate of drug-likeness (QED) is 0.194. The van der Waals surface area contributed by atoms with Gasteiger partial charge in [-0.3, -0.25) is 0 Å². The fourth-order valence-corrected chi connectivity index (χ4v) is 5.76. The third-order valence-electron chi connectivity index (χ3n) is 3.24. The van der Waals surface area contributed by atoms with E-state index in [4.69, 9.17) is 31.6 Å². The Kier molecular flexibility index (Phi) is 36.2. The van der Waals surface area contributed by atoms with Crippen molar-refractivity contribution < 1.29 is 10.9 Å². The molecule has 0 aromatic heterocycles. The Morgan fingerprint density at radius 2 is 0.586 bits per heavy atom. The molecule has 0 amide bonds. The molecule has 0 aliphatic heterocycles. The molecule has 11 heteroatoms. The van der Waals surface area contributed by atoms with Gasteiger partial charge in [-0.05, 0) is 37.0 Å². The molecule has 0 rings (SSSR count). The summed E-state index contributed by atoms with van der Waals surface area (Å²) in [6.07, 6.45) is 8.65. The number of hydrogen-bond donors (Lipinski definition) is 0. The summed E-state index contributed by atoms with van der Waals surface area (Å²) >= 11 is 6.00. The van der Waals surface area contributed by atoms with Gasteiger partial charge < -0.3 is 0 Å². The first-order valence-corrected chi connectivity index (χ1v) is 17.3. The zero-order valence-electron chi connectivity index (χ0n) is 16.1. The molecule has 160 valence electrons. The molecule has 0 N–H and O–H groups in total. The monoisotopic (exact) mass is 602 g/mol. The van der Waals surface area contributed by atoms with Gasteiger partial charge >= 0.3 is 39.3 Å². The molecule has 0 aliphatic carbocycles. The van der Waals surface area contributed by atoms with Crippen molar-refractivity contribution in [3.8, 4) is 36.4 Å². The van der Waals surface area contributed by atoms with Crippen molar-refractivity contribution in [2.75, 3.05) is 37.0 Å². The predicted octanol–water partition coefficient (Wildman–Crippen LogP) is 6.11. The van der Waals surface area contributed by atoms with Gasteiger partial charge in [0, 0.05) is 38.5 Å². The maximum atomic E-state index is 8.40. The Bertz CT molecular complexity index is 486. The zero-order valence-corrected chi connectivity index (χ0v) is 22.1. The van der Waals surface area contributed by atoms with E-state index in [0.717, 1.165) is 37.0 Å². The molecule has 0 heterocycles. The molecule has 0 aliphatic rings. The predicted molar refractivity (Wildman–Crippen MR) is 122 cm³/mol. The fourth-order valence-electron chi connectivity index (χ4n) is 1.92. The minimum absolute atomic E-state index is 0.246. The topological polar surface area (TPSA) is 143 Å². The van der Waals surface area contributed by atoms with E-state index in [-0.39, 0.29) is 15.8 Å². The SMILES string of the molecule is N#CCCP(CCC#N)CCC#N.N#CCCP(CCC#N)CCC#N.[Br][Ni][Br]. The normalized spacial score (nSPS) is 8.62. The van der Waals surface area contributed by atoms with Crippen LogP contribution >= 0.6 is 44.3 Å². The van der Waals surface area contributed by atoms with Gasteiger partial charge in [0.1, 0.15) is 0 Å². The van der Waals surface area contributed by atoms with Crippen LogP contribution in [0.1, 0.15) is 38.5 Å². The van der Waals surface area contributed by atoms with E-state index in [1.54, 1.807) is 0 Å². The summed E-state index contributed by atoms with van der Waals surface area (Å²) in [5.41, 5.74) is 0. The van der Waals surface area contributed by atoms with Gasteiger partial charge in [-0.25, -0.2) is 0 Å². The van der Waals surface area contributed by atoms with E-state index in [1.807, 2.05) is 0 Å². The van der Waals surface area contributed by atoms with Gasteiger partial charge in [0.2, 0.25) is 0 Å². The van der Waals surface area contributed by atoms with Crippen LogP contribution in [0.15, 0.2) is 0 Å². The summed E-state index contributed by atoms with van der Waals surface area (Å²) in [7, 11) is 0.758. The molecular weight excluding hydrogens is 581 g/mol. The molecule has 0 aromatic carbocycles. The number of rotatable bonds is 12. The summed E-state index contributed by atoms with van der Waals surface area (Å²) in [5.74, 6) is 0. The molecule has 0 saturated carbocycles. The van der Waals surface area contributed by atoms with E-state index in [0.29, 0.717) is 38.5 Å². The van der Waals surface area contributed by atoms with E-state index >= 15 is 0 Å².